The van der Waals surface area contributed by atoms with E-state index in [0.717, 1.165) is 13.8 Å². The van der Waals surface area contributed by atoms with Crippen LogP contribution in [-0.2, 0) is 61.7 Å². The van der Waals surface area contributed by atoms with Gasteiger partial charge < -0.3 is 139 Å². The number of carbonyl (C=O) groups excluding carboxylic acids is 2. The van der Waals surface area contributed by atoms with Gasteiger partial charge in [-0.1, -0.05) is 0 Å². The average Bonchev–Trinajstić information content (AvgIpc) is 3.31. The summed E-state index contributed by atoms with van der Waals surface area (Å²) in [6, 6.07) is -3.15. The van der Waals surface area contributed by atoms with Gasteiger partial charge in [0.05, 0.1) is 38.1 Å². The molecule has 17 N–H and O–H groups in total. The van der Waals surface area contributed by atoms with Crippen LogP contribution >= 0.6 is 0 Å². The van der Waals surface area contributed by atoms with Crippen molar-refractivity contribution in [3.05, 3.63) is 0 Å². The topological polar surface area (TPSA) is 463 Å². The first-order valence-corrected chi connectivity index (χ1v) is 22.7. The fraction of sp³-hybridized carbons (Fsp3) is 0.950. The molecule has 0 spiro atoms. The summed E-state index contributed by atoms with van der Waals surface area (Å²) in [5, 5.41) is 168. The Balaban J connectivity index is 1.24. The standard InChI is InChI=1S/C40H68N2O28/c1-9-19(48)31(27(56)35(59)60-9)67-37-18(42-13(5)47)30(24(53)16(8-45)64-37)66-40-34(26(55)23(52)15(7-44)65-40)70-39-29(58)33(21(50)11(3)62-39)69-38-28(57)32(20(49)10(2)61-38)68-36-17(41-12(4)46)25(54)22(51)14(6-43)63-36/h9-11,14-40,43-45,48-59H,6-8H2,1-5H3,(H,41,46)(H,42,47)/t9-,10-,11-,14+,15+,16+,17+,18+,19-,20-,21-,22+,23+,24+,25+,26-,27+,28+,29+,30+,31+,32+,33+,34+,35+,36+,37+,38-,39-,40+/m0/s1. The smallest absolute Gasteiger partial charge is 0.217 e. The first-order valence-electron chi connectivity index (χ1n) is 22.7. The summed E-state index contributed by atoms with van der Waals surface area (Å²) in [5.41, 5.74) is 0. The summed E-state index contributed by atoms with van der Waals surface area (Å²) in [5.74, 6) is -1.49. The van der Waals surface area contributed by atoms with E-state index in [0.29, 0.717) is 0 Å². The number of carbonyl (C=O) groups is 2. The van der Waals surface area contributed by atoms with Crippen LogP contribution in [0.2, 0.25) is 0 Å². The maximum absolute atomic E-state index is 12.6. The Morgan fingerprint density at radius 1 is 0.371 bits per heavy atom. The van der Waals surface area contributed by atoms with E-state index in [2.05, 4.69) is 10.6 Å². The monoisotopic (exact) mass is 1020 g/mol. The van der Waals surface area contributed by atoms with Crippen molar-refractivity contribution in [3.63, 3.8) is 0 Å². The molecule has 0 radical (unpaired) electrons. The third-order valence-corrected chi connectivity index (χ3v) is 13.1. The minimum absolute atomic E-state index is 0.699. The van der Waals surface area contributed by atoms with Crippen LogP contribution in [0.5, 0.6) is 0 Å². The van der Waals surface area contributed by atoms with Gasteiger partial charge in [0.15, 0.2) is 37.7 Å². The van der Waals surface area contributed by atoms with E-state index in [9.17, 15) is 86.2 Å². The van der Waals surface area contributed by atoms with Crippen molar-refractivity contribution in [2.24, 2.45) is 0 Å². The number of amides is 2. The summed E-state index contributed by atoms with van der Waals surface area (Å²) >= 11 is 0. The molecule has 0 bridgehead atoms. The Morgan fingerprint density at radius 2 is 0.729 bits per heavy atom. The second-order valence-corrected chi connectivity index (χ2v) is 18.2. The molecule has 0 aromatic heterocycles. The van der Waals surface area contributed by atoms with Crippen molar-refractivity contribution < 1.29 is 138 Å². The van der Waals surface area contributed by atoms with Crippen LogP contribution in [0.3, 0.4) is 0 Å². The zero-order chi connectivity index (χ0) is 51.8. The Labute approximate surface area is 399 Å². The van der Waals surface area contributed by atoms with E-state index in [4.69, 9.17) is 52.1 Å². The number of hydrogen-bond donors (Lipinski definition) is 17. The van der Waals surface area contributed by atoms with Gasteiger partial charge in [-0.2, -0.15) is 0 Å². The second kappa shape index (κ2) is 24.1. The van der Waals surface area contributed by atoms with E-state index in [1.54, 1.807) is 0 Å². The molecule has 30 heteroatoms. The Bertz CT molecular complexity index is 1680. The predicted molar refractivity (Wildman–Crippen MR) is 218 cm³/mol. The second-order valence-electron chi connectivity index (χ2n) is 18.2. The molecule has 0 aromatic carbocycles. The van der Waals surface area contributed by atoms with Crippen molar-refractivity contribution in [2.75, 3.05) is 19.8 Å². The third-order valence-electron chi connectivity index (χ3n) is 13.1. The lowest BCUT2D eigenvalue weighted by Gasteiger charge is -2.50. The molecule has 6 aliphatic rings. The highest BCUT2D eigenvalue weighted by atomic mass is 16.8. The lowest BCUT2D eigenvalue weighted by molar-refractivity contribution is -0.396. The van der Waals surface area contributed by atoms with Crippen LogP contribution in [0.25, 0.3) is 0 Å². The lowest BCUT2D eigenvalue weighted by atomic mass is 9.94. The molecular weight excluding hydrogens is 956 g/mol. The molecule has 6 aliphatic heterocycles. The van der Waals surface area contributed by atoms with Crippen LogP contribution in [0.1, 0.15) is 34.6 Å². The molecule has 6 fully saturated rings. The summed E-state index contributed by atoms with van der Waals surface area (Å²) in [4.78, 5) is 24.6. The molecule has 0 aliphatic carbocycles. The fourth-order valence-corrected chi connectivity index (χ4v) is 9.12. The molecule has 30 atom stereocenters. The lowest BCUT2D eigenvalue weighted by Crippen LogP contribution is -2.70. The van der Waals surface area contributed by atoms with E-state index in [1.807, 2.05) is 0 Å². The first kappa shape index (κ1) is 57.2. The molecule has 406 valence electrons. The van der Waals surface area contributed by atoms with Crippen LogP contribution in [0.15, 0.2) is 0 Å². The molecular formula is C40H68N2O28. The van der Waals surface area contributed by atoms with Crippen molar-refractivity contribution >= 4 is 11.8 Å². The number of nitrogens with one attached hydrogen (secondary N) is 2. The van der Waals surface area contributed by atoms with E-state index in [1.165, 1.54) is 20.8 Å². The van der Waals surface area contributed by atoms with Gasteiger partial charge in [0.25, 0.3) is 0 Å². The van der Waals surface area contributed by atoms with Gasteiger partial charge in [0, 0.05) is 13.8 Å². The van der Waals surface area contributed by atoms with E-state index < -0.39 is 216 Å². The number of ether oxygens (including phenoxy) is 11. The fourth-order valence-electron chi connectivity index (χ4n) is 9.12. The van der Waals surface area contributed by atoms with E-state index >= 15 is 0 Å². The highest BCUT2D eigenvalue weighted by Gasteiger charge is 2.58. The number of aliphatic hydroxyl groups excluding tert-OH is 15. The first-order chi connectivity index (χ1) is 32.9. The van der Waals surface area contributed by atoms with Gasteiger partial charge in [-0.15, -0.1) is 0 Å². The Hall–Kier alpha value is -2.10. The zero-order valence-electron chi connectivity index (χ0n) is 38.5. The maximum atomic E-state index is 12.6. The molecule has 6 saturated heterocycles. The molecule has 0 aromatic rings. The van der Waals surface area contributed by atoms with E-state index in [-0.39, 0.29) is 0 Å². The van der Waals surface area contributed by atoms with Crippen molar-refractivity contribution in [1.82, 2.24) is 10.6 Å². The highest BCUT2D eigenvalue weighted by molar-refractivity contribution is 5.73. The van der Waals surface area contributed by atoms with Crippen LogP contribution in [-0.4, -0.2) is 292 Å². The van der Waals surface area contributed by atoms with Crippen LogP contribution < -0.4 is 10.6 Å². The number of hydrogen-bond acceptors (Lipinski definition) is 28. The zero-order valence-corrected chi connectivity index (χ0v) is 38.5. The number of rotatable bonds is 15. The van der Waals surface area contributed by atoms with Gasteiger partial charge in [0.2, 0.25) is 11.8 Å². The van der Waals surface area contributed by atoms with Gasteiger partial charge in [-0.3, -0.25) is 9.59 Å². The van der Waals surface area contributed by atoms with Crippen LogP contribution in [0.4, 0.5) is 0 Å². The summed E-state index contributed by atoms with van der Waals surface area (Å²) in [7, 11) is 0. The van der Waals surface area contributed by atoms with Crippen molar-refractivity contribution in [3.8, 4) is 0 Å². The minimum atomic E-state index is -2.12. The third kappa shape index (κ3) is 12.0. The maximum Gasteiger partial charge on any atom is 0.217 e. The van der Waals surface area contributed by atoms with Gasteiger partial charge >= 0.3 is 0 Å². The molecule has 0 unspecified atom stereocenters. The van der Waals surface area contributed by atoms with Gasteiger partial charge in [-0.25, -0.2) is 0 Å². The number of aliphatic hydroxyl groups is 15. The molecule has 70 heavy (non-hydrogen) atoms. The van der Waals surface area contributed by atoms with Crippen molar-refractivity contribution in [1.29, 1.82) is 0 Å². The quantitative estimate of drug-likeness (QED) is 0.0724. The Kier molecular flexibility index (Phi) is 19.7. The molecule has 6 rings (SSSR count). The minimum Gasteiger partial charge on any atom is -0.394 e. The van der Waals surface area contributed by atoms with Crippen molar-refractivity contribution in [2.45, 2.75) is 219 Å². The summed E-state index contributed by atoms with van der Waals surface area (Å²) < 4.78 is 63.5. The summed E-state index contributed by atoms with van der Waals surface area (Å²) in [6.07, 6.45) is -49.3. The van der Waals surface area contributed by atoms with Crippen LogP contribution in [0, 0.1) is 0 Å². The average molecular weight is 1020 g/mol. The molecule has 30 nitrogen and oxygen atoms in total. The Morgan fingerprint density at radius 3 is 1.20 bits per heavy atom. The largest absolute Gasteiger partial charge is 0.394 e. The predicted octanol–water partition coefficient (Wildman–Crippen LogP) is -10.7. The summed E-state index contributed by atoms with van der Waals surface area (Å²) in [6.45, 7) is 3.43. The highest BCUT2D eigenvalue weighted by Crippen LogP contribution is 2.37. The SMILES string of the molecule is CC(=O)N[C@H]1[C@@H](O[C@@H]2[C@@H](O)[C@H](C)O[C@@H](O[C@@H]3[C@@H](O)[C@H](C)O[C@@H](O[C@H]4[C@@H](O[C@H]5[C@H](O)[C@@H](CO)O[C@H](O[C@@H]6[C@@H](O)[C@H](C)O[C@@H](O)[C@@H]6O)[C@@H]5NC(C)=O)O[C@H](CO)[C@@H](O)[C@@H]4O)[C@@H]3O)[C@@H]2O)O[C@H](CO)[C@@H](O)[C@@H]1O. The molecule has 2 amide bonds. The van der Waals surface area contributed by atoms with Gasteiger partial charge in [0.1, 0.15) is 128 Å². The molecule has 6 heterocycles. The normalized spacial score (nSPS) is 51.4. The van der Waals surface area contributed by atoms with Gasteiger partial charge in [-0.05, 0) is 20.8 Å². The molecule has 0 saturated carbocycles.